The number of nitrogens with one attached hydrogen (secondary N) is 1. The van der Waals surface area contributed by atoms with Crippen LogP contribution in [0.2, 0.25) is 10.0 Å². The molecule has 148 valence electrons. The van der Waals surface area contributed by atoms with Crippen molar-refractivity contribution >= 4 is 34.1 Å². The van der Waals surface area contributed by atoms with Crippen LogP contribution in [0.5, 0.6) is 0 Å². The molecule has 0 aliphatic rings. The quantitative estimate of drug-likeness (QED) is 0.335. The van der Waals surface area contributed by atoms with E-state index in [2.05, 4.69) is 28.2 Å². The van der Waals surface area contributed by atoms with Gasteiger partial charge in [0.15, 0.2) is 0 Å². The predicted octanol–water partition coefficient (Wildman–Crippen LogP) is 6.47. The number of fused-ring (bicyclic) bond motifs is 1. The van der Waals surface area contributed by atoms with Gasteiger partial charge in [-0.15, -0.1) is 0 Å². The van der Waals surface area contributed by atoms with Gasteiger partial charge >= 0.3 is 0 Å². The van der Waals surface area contributed by atoms with Crippen molar-refractivity contribution in [3.05, 3.63) is 105 Å². The lowest BCUT2D eigenvalue weighted by atomic mass is 10.1. The highest BCUT2D eigenvalue weighted by molar-refractivity contribution is 6.31. The standard InChI is InChI=1S/C24H21Cl2FN2/c25-19-10-8-17(9-11-19)12-13-28-14-18-15-29(24-7-2-1-4-20(18)24)16-21-22(26)5-3-6-23(21)27/h1-11,15,28H,12-14,16H2. The van der Waals surface area contributed by atoms with E-state index in [-0.39, 0.29) is 5.82 Å². The fourth-order valence-corrected chi connectivity index (χ4v) is 3.90. The van der Waals surface area contributed by atoms with Gasteiger partial charge in [0.25, 0.3) is 0 Å². The second-order valence-corrected chi connectivity index (χ2v) is 7.90. The first-order valence-electron chi connectivity index (χ1n) is 9.56. The fourth-order valence-electron chi connectivity index (χ4n) is 3.56. The lowest BCUT2D eigenvalue weighted by molar-refractivity contribution is 0.601. The van der Waals surface area contributed by atoms with E-state index in [1.807, 2.05) is 36.4 Å². The Balaban J connectivity index is 1.49. The molecular formula is C24H21Cl2FN2. The third-order valence-corrected chi connectivity index (χ3v) is 5.69. The van der Waals surface area contributed by atoms with Gasteiger partial charge in [0, 0.05) is 39.3 Å². The highest BCUT2D eigenvalue weighted by Gasteiger charge is 2.12. The van der Waals surface area contributed by atoms with Crippen molar-refractivity contribution in [2.45, 2.75) is 19.5 Å². The van der Waals surface area contributed by atoms with Crippen LogP contribution in [0.25, 0.3) is 10.9 Å². The topological polar surface area (TPSA) is 17.0 Å². The van der Waals surface area contributed by atoms with E-state index in [9.17, 15) is 4.39 Å². The Morgan fingerprint density at radius 2 is 1.69 bits per heavy atom. The third kappa shape index (κ3) is 4.64. The Morgan fingerprint density at radius 1 is 0.897 bits per heavy atom. The van der Waals surface area contributed by atoms with Gasteiger partial charge in [0.05, 0.1) is 6.54 Å². The molecule has 0 saturated heterocycles. The fraction of sp³-hybridized carbons (Fsp3) is 0.167. The smallest absolute Gasteiger partial charge is 0.129 e. The maximum absolute atomic E-state index is 14.3. The van der Waals surface area contributed by atoms with Gasteiger partial charge in [-0.2, -0.15) is 0 Å². The maximum atomic E-state index is 14.3. The number of rotatable bonds is 7. The first-order valence-corrected chi connectivity index (χ1v) is 10.3. The normalized spacial score (nSPS) is 11.3. The summed E-state index contributed by atoms with van der Waals surface area (Å²) in [5, 5.41) is 5.88. The predicted molar refractivity (Wildman–Crippen MR) is 119 cm³/mol. The molecule has 0 amide bonds. The lowest BCUT2D eigenvalue weighted by Gasteiger charge is -2.08. The molecule has 1 heterocycles. The molecule has 4 aromatic rings. The Kier molecular flexibility index (Phi) is 6.19. The Bertz CT molecular complexity index is 1100. The molecule has 5 heteroatoms. The molecule has 0 atom stereocenters. The monoisotopic (exact) mass is 426 g/mol. The Hall–Kier alpha value is -2.33. The van der Waals surface area contributed by atoms with Crippen LogP contribution in [-0.4, -0.2) is 11.1 Å². The van der Waals surface area contributed by atoms with Crippen molar-refractivity contribution in [2.24, 2.45) is 0 Å². The molecule has 0 fully saturated rings. The van der Waals surface area contributed by atoms with Crippen molar-refractivity contribution in [2.75, 3.05) is 6.54 Å². The molecule has 0 radical (unpaired) electrons. The molecule has 2 nitrogen and oxygen atoms in total. The minimum absolute atomic E-state index is 0.280. The van der Waals surface area contributed by atoms with Crippen LogP contribution in [0.1, 0.15) is 16.7 Å². The van der Waals surface area contributed by atoms with Crippen molar-refractivity contribution in [3.63, 3.8) is 0 Å². The molecular weight excluding hydrogens is 406 g/mol. The van der Waals surface area contributed by atoms with Crippen molar-refractivity contribution in [1.82, 2.24) is 9.88 Å². The SMILES string of the molecule is Fc1cccc(Cl)c1Cn1cc(CNCCc2ccc(Cl)cc2)c2ccccc21. The van der Waals surface area contributed by atoms with Crippen molar-refractivity contribution in [3.8, 4) is 0 Å². The molecule has 1 N–H and O–H groups in total. The number of hydrogen-bond donors (Lipinski definition) is 1. The van der Waals surface area contributed by atoms with Crippen LogP contribution in [0.4, 0.5) is 4.39 Å². The first-order chi connectivity index (χ1) is 14.1. The number of para-hydroxylation sites is 1. The third-order valence-electron chi connectivity index (χ3n) is 5.08. The minimum atomic E-state index is -0.280. The zero-order chi connectivity index (χ0) is 20.2. The average Bonchev–Trinajstić information content (AvgIpc) is 3.07. The number of benzene rings is 3. The average molecular weight is 427 g/mol. The minimum Gasteiger partial charge on any atom is -0.343 e. The number of hydrogen-bond acceptors (Lipinski definition) is 1. The van der Waals surface area contributed by atoms with Gasteiger partial charge < -0.3 is 9.88 Å². The van der Waals surface area contributed by atoms with Crippen molar-refractivity contribution in [1.29, 1.82) is 0 Å². The number of aromatic nitrogens is 1. The van der Waals surface area contributed by atoms with Gasteiger partial charge in [-0.3, -0.25) is 0 Å². The molecule has 0 aliphatic heterocycles. The van der Waals surface area contributed by atoms with Gasteiger partial charge in [-0.1, -0.05) is 59.6 Å². The second-order valence-electron chi connectivity index (χ2n) is 7.05. The summed E-state index contributed by atoms with van der Waals surface area (Å²) in [4.78, 5) is 0. The summed E-state index contributed by atoms with van der Waals surface area (Å²) >= 11 is 12.2. The van der Waals surface area contributed by atoms with Gasteiger partial charge in [-0.25, -0.2) is 4.39 Å². The highest BCUT2D eigenvalue weighted by Crippen LogP contribution is 2.26. The van der Waals surface area contributed by atoms with Gasteiger partial charge in [-0.05, 0) is 54.4 Å². The summed E-state index contributed by atoms with van der Waals surface area (Å²) in [7, 11) is 0. The summed E-state index contributed by atoms with van der Waals surface area (Å²) in [5.41, 5.74) is 4.01. The summed E-state index contributed by atoms with van der Waals surface area (Å²) in [6, 6.07) is 20.9. The van der Waals surface area contributed by atoms with Crippen LogP contribution in [0.15, 0.2) is 72.9 Å². The van der Waals surface area contributed by atoms with Crippen LogP contribution >= 0.6 is 23.2 Å². The molecule has 1 aromatic heterocycles. The van der Waals surface area contributed by atoms with Crippen LogP contribution in [-0.2, 0) is 19.5 Å². The summed E-state index contributed by atoms with van der Waals surface area (Å²) in [5.74, 6) is -0.280. The van der Waals surface area contributed by atoms with Crippen LogP contribution in [0, 0.1) is 5.82 Å². The molecule has 29 heavy (non-hydrogen) atoms. The molecule has 0 unspecified atom stereocenters. The molecule has 0 bridgehead atoms. The van der Waals surface area contributed by atoms with E-state index in [1.54, 1.807) is 12.1 Å². The summed E-state index contributed by atoms with van der Waals surface area (Å²) < 4.78 is 16.3. The number of halogens is 3. The van der Waals surface area contributed by atoms with E-state index in [0.29, 0.717) is 17.1 Å². The second kappa shape index (κ2) is 9.00. The molecule has 0 spiro atoms. The zero-order valence-electron chi connectivity index (χ0n) is 15.8. The van der Waals surface area contributed by atoms with E-state index >= 15 is 0 Å². The van der Waals surface area contributed by atoms with Crippen LogP contribution < -0.4 is 5.32 Å². The summed E-state index contributed by atoms with van der Waals surface area (Å²) in [6.45, 7) is 2.00. The highest BCUT2D eigenvalue weighted by atomic mass is 35.5. The van der Waals surface area contributed by atoms with E-state index in [1.165, 1.54) is 22.6 Å². The molecule has 4 rings (SSSR count). The Morgan fingerprint density at radius 3 is 2.48 bits per heavy atom. The largest absolute Gasteiger partial charge is 0.343 e. The van der Waals surface area contributed by atoms with Gasteiger partial charge in [0.2, 0.25) is 0 Å². The maximum Gasteiger partial charge on any atom is 0.129 e. The summed E-state index contributed by atoms with van der Waals surface area (Å²) in [6.07, 6.45) is 3.02. The first kappa shape index (κ1) is 20.0. The van der Waals surface area contributed by atoms with Gasteiger partial charge in [0.1, 0.15) is 5.82 Å². The number of nitrogens with zero attached hydrogens (tertiary/aromatic N) is 1. The Labute approximate surface area is 179 Å². The van der Waals surface area contributed by atoms with E-state index in [0.717, 1.165) is 30.0 Å². The van der Waals surface area contributed by atoms with Crippen molar-refractivity contribution < 1.29 is 4.39 Å². The lowest BCUT2D eigenvalue weighted by Crippen LogP contribution is -2.16. The molecule has 0 saturated carbocycles. The van der Waals surface area contributed by atoms with E-state index in [4.69, 9.17) is 23.2 Å². The zero-order valence-corrected chi connectivity index (χ0v) is 17.3. The van der Waals surface area contributed by atoms with E-state index < -0.39 is 0 Å². The van der Waals surface area contributed by atoms with Crippen LogP contribution in [0.3, 0.4) is 0 Å². The molecule has 3 aromatic carbocycles. The molecule has 0 aliphatic carbocycles.